The number of fused-ring (bicyclic) bond motifs is 1. The van der Waals surface area contributed by atoms with Gasteiger partial charge in [-0.25, -0.2) is 0 Å². The Balaban J connectivity index is 1.35. The average Bonchev–Trinajstić information content (AvgIpc) is 3.29. The molecule has 0 atom stereocenters. The molecule has 0 spiro atoms. The Morgan fingerprint density at radius 1 is 1.06 bits per heavy atom. The standard InChI is InChI=1S/C23H18FN3O7/c24-17-10-15(6-7-19(17)27(30)31)32-12-22(28)26-18-4-2-1-3-16(18)23(29)25-11-14-5-8-20-21(9-14)34-13-33-20/h1-10H,11-13H2,(H,25,29)(H,26,28). The highest BCUT2D eigenvalue weighted by Gasteiger charge is 2.17. The summed E-state index contributed by atoms with van der Waals surface area (Å²) in [7, 11) is 0. The van der Waals surface area contributed by atoms with Crippen LogP contribution in [0.15, 0.2) is 60.7 Å². The zero-order chi connectivity index (χ0) is 24.1. The Labute approximate surface area is 192 Å². The molecule has 0 bridgehead atoms. The van der Waals surface area contributed by atoms with Crippen LogP contribution in [0, 0.1) is 15.9 Å². The summed E-state index contributed by atoms with van der Waals surface area (Å²) in [6.07, 6.45) is 0. The van der Waals surface area contributed by atoms with Crippen LogP contribution in [0.5, 0.6) is 17.2 Å². The van der Waals surface area contributed by atoms with Gasteiger partial charge < -0.3 is 24.8 Å². The molecular formula is C23H18FN3O7. The van der Waals surface area contributed by atoms with Gasteiger partial charge in [-0.1, -0.05) is 18.2 Å². The summed E-state index contributed by atoms with van der Waals surface area (Å²) in [6.45, 7) is -0.113. The van der Waals surface area contributed by atoms with Gasteiger partial charge in [0.1, 0.15) is 5.75 Å². The smallest absolute Gasteiger partial charge is 0.305 e. The summed E-state index contributed by atoms with van der Waals surface area (Å²) in [5.74, 6) is -0.892. The van der Waals surface area contributed by atoms with Gasteiger partial charge in [-0.2, -0.15) is 4.39 Å². The molecule has 2 amide bonds. The molecule has 0 radical (unpaired) electrons. The lowest BCUT2D eigenvalue weighted by Gasteiger charge is -2.12. The first-order valence-corrected chi connectivity index (χ1v) is 10.0. The van der Waals surface area contributed by atoms with E-state index in [1.807, 2.05) is 0 Å². The topological polar surface area (TPSA) is 129 Å². The van der Waals surface area contributed by atoms with Gasteiger partial charge in [0.15, 0.2) is 18.1 Å². The summed E-state index contributed by atoms with van der Waals surface area (Å²) in [4.78, 5) is 34.8. The van der Waals surface area contributed by atoms with Crippen LogP contribution < -0.4 is 24.8 Å². The van der Waals surface area contributed by atoms with Crippen LogP contribution in [0.25, 0.3) is 0 Å². The number of nitro groups is 1. The quantitative estimate of drug-likeness (QED) is 0.384. The number of hydrogen-bond acceptors (Lipinski definition) is 7. The fraction of sp³-hybridized carbons (Fsp3) is 0.130. The van der Waals surface area contributed by atoms with E-state index in [0.29, 0.717) is 11.5 Å². The number of carbonyl (C=O) groups is 2. The Kier molecular flexibility index (Phi) is 6.53. The summed E-state index contributed by atoms with van der Waals surface area (Å²) in [5, 5.41) is 16.0. The van der Waals surface area contributed by atoms with Crippen LogP contribution in [0.2, 0.25) is 0 Å². The van der Waals surface area contributed by atoms with Gasteiger partial charge in [0.25, 0.3) is 11.8 Å². The molecule has 10 nitrogen and oxygen atoms in total. The van der Waals surface area contributed by atoms with Crippen molar-refractivity contribution in [2.45, 2.75) is 6.54 Å². The van der Waals surface area contributed by atoms with Crippen molar-refractivity contribution in [1.29, 1.82) is 0 Å². The van der Waals surface area contributed by atoms with Crippen LogP contribution >= 0.6 is 0 Å². The van der Waals surface area contributed by atoms with Crippen LogP contribution in [0.3, 0.4) is 0 Å². The van der Waals surface area contributed by atoms with Gasteiger partial charge in [0, 0.05) is 18.7 Å². The number of halogens is 1. The Morgan fingerprint density at radius 2 is 1.85 bits per heavy atom. The third kappa shape index (κ3) is 5.21. The number of nitrogens with one attached hydrogen (secondary N) is 2. The molecule has 1 heterocycles. The van der Waals surface area contributed by atoms with Crippen LogP contribution in [0.1, 0.15) is 15.9 Å². The van der Waals surface area contributed by atoms with E-state index in [9.17, 15) is 24.1 Å². The number of rotatable bonds is 8. The summed E-state index contributed by atoms with van der Waals surface area (Å²) >= 11 is 0. The number of nitro benzene ring substituents is 1. The highest BCUT2D eigenvalue weighted by atomic mass is 19.1. The lowest BCUT2D eigenvalue weighted by atomic mass is 10.1. The molecule has 4 rings (SSSR count). The molecule has 3 aromatic rings. The lowest BCUT2D eigenvalue weighted by molar-refractivity contribution is -0.387. The van der Waals surface area contributed by atoms with Crippen molar-refractivity contribution in [3.63, 3.8) is 0 Å². The number of para-hydroxylation sites is 1. The van der Waals surface area contributed by atoms with Crippen LogP contribution in [-0.4, -0.2) is 30.1 Å². The minimum atomic E-state index is -1.08. The number of amides is 2. The molecule has 0 aromatic heterocycles. The maximum absolute atomic E-state index is 13.7. The van der Waals surface area contributed by atoms with Crippen molar-refractivity contribution in [3.8, 4) is 17.2 Å². The SMILES string of the molecule is O=C(COc1ccc([N+](=O)[O-])c(F)c1)Nc1ccccc1C(=O)NCc1ccc2c(c1)OCO2. The number of hydrogen-bond donors (Lipinski definition) is 2. The molecule has 0 fully saturated rings. The summed E-state index contributed by atoms with van der Waals surface area (Å²) in [6, 6.07) is 14.7. The zero-order valence-corrected chi connectivity index (χ0v) is 17.6. The number of nitrogens with zero attached hydrogens (tertiary/aromatic N) is 1. The van der Waals surface area contributed by atoms with Gasteiger partial charge in [-0.15, -0.1) is 0 Å². The number of ether oxygens (including phenoxy) is 3. The maximum atomic E-state index is 13.7. The molecule has 3 aromatic carbocycles. The molecule has 0 aliphatic carbocycles. The molecule has 0 unspecified atom stereocenters. The third-order valence-electron chi connectivity index (χ3n) is 4.82. The Hall–Kier alpha value is -4.67. The normalized spacial score (nSPS) is 11.6. The average molecular weight is 467 g/mol. The van der Waals surface area contributed by atoms with E-state index in [1.54, 1.807) is 42.5 Å². The van der Waals surface area contributed by atoms with Crippen molar-refractivity contribution in [2.24, 2.45) is 0 Å². The predicted molar refractivity (Wildman–Crippen MR) is 117 cm³/mol. The van der Waals surface area contributed by atoms with Crippen LogP contribution in [-0.2, 0) is 11.3 Å². The first-order valence-electron chi connectivity index (χ1n) is 10.0. The lowest BCUT2D eigenvalue weighted by Crippen LogP contribution is -2.26. The predicted octanol–water partition coefficient (Wildman–Crippen LogP) is 3.41. The molecule has 174 valence electrons. The minimum Gasteiger partial charge on any atom is -0.484 e. The maximum Gasteiger partial charge on any atom is 0.305 e. The second-order valence-corrected chi connectivity index (χ2v) is 7.12. The molecule has 1 aliphatic heterocycles. The molecule has 34 heavy (non-hydrogen) atoms. The monoisotopic (exact) mass is 467 g/mol. The second-order valence-electron chi connectivity index (χ2n) is 7.12. The van der Waals surface area contributed by atoms with E-state index in [-0.39, 0.29) is 30.3 Å². The highest BCUT2D eigenvalue weighted by molar-refractivity contribution is 6.04. The minimum absolute atomic E-state index is 0.0481. The van der Waals surface area contributed by atoms with Crippen molar-refractivity contribution in [2.75, 3.05) is 18.7 Å². The third-order valence-corrected chi connectivity index (χ3v) is 4.82. The summed E-state index contributed by atoms with van der Waals surface area (Å²) < 4.78 is 29.5. The highest BCUT2D eigenvalue weighted by Crippen LogP contribution is 2.32. The van der Waals surface area contributed by atoms with Crippen molar-refractivity contribution >= 4 is 23.2 Å². The van der Waals surface area contributed by atoms with Crippen molar-refractivity contribution < 1.29 is 33.1 Å². The van der Waals surface area contributed by atoms with E-state index in [4.69, 9.17) is 14.2 Å². The zero-order valence-electron chi connectivity index (χ0n) is 17.6. The van der Waals surface area contributed by atoms with E-state index >= 15 is 0 Å². The van der Waals surface area contributed by atoms with E-state index in [0.717, 1.165) is 17.7 Å². The van der Waals surface area contributed by atoms with Gasteiger partial charge >= 0.3 is 5.69 Å². The second kappa shape index (κ2) is 9.86. The first kappa shape index (κ1) is 22.5. The van der Waals surface area contributed by atoms with E-state index in [1.165, 1.54) is 6.07 Å². The van der Waals surface area contributed by atoms with Gasteiger partial charge in [0.2, 0.25) is 12.6 Å². The van der Waals surface area contributed by atoms with E-state index in [2.05, 4.69) is 10.6 Å². The van der Waals surface area contributed by atoms with Crippen molar-refractivity contribution in [3.05, 3.63) is 87.7 Å². The van der Waals surface area contributed by atoms with Gasteiger partial charge in [0.05, 0.1) is 16.2 Å². The number of benzene rings is 3. The molecule has 0 saturated carbocycles. The van der Waals surface area contributed by atoms with E-state index < -0.39 is 34.8 Å². The Bertz CT molecular complexity index is 1270. The summed E-state index contributed by atoms with van der Waals surface area (Å²) in [5.41, 5.74) is 0.604. The molecule has 11 heteroatoms. The molecule has 2 N–H and O–H groups in total. The van der Waals surface area contributed by atoms with Crippen molar-refractivity contribution in [1.82, 2.24) is 5.32 Å². The number of anilines is 1. The fourth-order valence-corrected chi connectivity index (χ4v) is 3.18. The molecule has 0 saturated heterocycles. The van der Waals surface area contributed by atoms with Gasteiger partial charge in [-0.3, -0.25) is 19.7 Å². The Morgan fingerprint density at radius 3 is 2.65 bits per heavy atom. The molecule has 1 aliphatic rings. The number of carbonyl (C=O) groups excluding carboxylic acids is 2. The largest absolute Gasteiger partial charge is 0.484 e. The fourth-order valence-electron chi connectivity index (χ4n) is 3.18. The molecular weight excluding hydrogens is 449 g/mol. The first-order chi connectivity index (χ1) is 16.4. The van der Waals surface area contributed by atoms with Gasteiger partial charge in [-0.05, 0) is 35.9 Å². The van der Waals surface area contributed by atoms with Crippen LogP contribution in [0.4, 0.5) is 15.8 Å².